The van der Waals surface area contributed by atoms with Crippen molar-refractivity contribution in [2.75, 3.05) is 13.1 Å². The molecule has 1 unspecified atom stereocenters. The maximum Gasteiger partial charge on any atom is 0.410 e. The minimum atomic E-state index is -0.425. The van der Waals surface area contributed by atoms with Crippen molar-refractivity contribution in [2.45, 2.75) is 45.4 Å². The number of hydrogen-bond acceptors (Lipinski definition) is 5. The largest absolute Gasteiger partial charge is 0.444 e. The Labute approximate surface area is 118 Å². The molecule has 1 aromatic rings. The number of nitrogens with one attached hydrogen (secondary N) is 1. The molecule has 2 heterocycles. The highest BCUT2D eigenvalue weighted by Crippen LogP contribution is 2.16. The summed E-state index contributed by atoms with van der Waals surface area (Å²) in [5, 5.41) is 3.45. The Hall–Kier alpha value is -1.14. The quantitative estimate of drug-likeness (QED) is 0.924. The van der Waals surface area contributed by atoms with Gasteiger partial charge in [-0.1, -0.05) is 0 Å². The fourth-order valence-corrected chi connectivity index (χ4v) is 2.54. The fraction of sp³-hybridized carbons (Fsp3) is 0.692. The summed E-state index contributed by atoms with van der Waals surface area (Å²) in [6, 6.07) is 0.342. The summed E-state index contributed by atoms with van der Waals surface area (Å²) in [5.74, 6) is 0. The minimum absolute atomic E-state index is 0.213. The van der Waals surface area contributed by atoms with Gasteiger partial charge < -0.3 is 15.0 Å². The number of aromatic nitrogens is 1. The SMILES string of the molecule is CC(C)(C)OC(=O)N1CCC(NCc2cncs2)C1. The van der Waals surface area contributed by atoms with Crippen molar-refractivity contribution in [3.63, 3.8) is 0 Å². The van der Waals surface area contributed by atoms with E-state index in [4.69, 9.17) is 4.74 Å². The molecular formula is C13H21N3O2S. The number of carbonyl (C=O) groups is 1. The smallest absolute Gasteiger partial charge is 0.410 e. The summed E-state index contributed by atoms with van der Waals surface area (Å²) in [6.45, 7) is 7.96. The van der Waals surface area contributed by atoms with Gasteiger partial charge in [0.25, 0.3) is 0 Å². The molecule has 1 aliphatic heterocycles. The van der Waals surface area contributed by atoms with Gasteiger partial charge in [-0.15, -0.1) is 11.3 Å². The monoisotopic (exact) mass is 283 g/mol. The molecular weight excluding hydrogens is 262 g/mol. The maximum absolute atomic E-state index is 11.9. The Bertz CT molecular complexity index is 414. The predicted molar refractivity (Wildman–Crippen MR) is 75.2 cm³/mol. The molecule has 19 heavy (non-hydrogen) atoms. The van der Waals surface area contributed by atoms with Crippen LogP contribution in [0.1, 0.15) is 32.1 Å². The summed E-state index contributed by atoms with van der Waals surface area (Å²) in [7, 11) is 0. The van der Waals surface area contributed by atoms with Crippen molar-refractivity contribution in [1.82, 2.24) is 15.2 Å². The molecule has 1 fully saturated rings. The lowest BCUT2D eigenvalue weighted by Crippen LogP contribution is -2.38. The molecule has 0 aliphatic carbocycles. The number of ether oxygens (including phenoxy) is 1. The third kappa shape index (κ3) is 4.47. The number of rotatable bonds is 3. The predicted octanol–water partition coefficient (Wildman–Crippen LogP) is 2.24. The van der Waals surface area contributed by atoms with Crippen LogP contribution in [-0.4, -0.2) is 40.7 Å². The lowest BCUT2D eigenvalue weighted by Gasteiger charge is -2.24. The van der Waals surface area contributed by atoms with E-state index >= 15 is 0 Å². The van der Waals surface area contributed by atoms with Crippen LogP contribution in [0, 0.1) is 0 Å². The van der Waals surface area contributed by atoms with Crippen LogP contribution in [0.4, 0.5) is 4.79 Å². The van der Waals surface area contributed by atoms with E-state index in [1.165, 1.54) is 4.88 Å². The van der Waals surface area contributed by atoms with Gasteiger partial charge in [-0.05, 0) is 27.2 Å². The zero-order valence-electron chi connectivity index (χ0n) is 11.7. The summed E-state index contributed by atoms with van der Waals surface area (Å²) >= 11 is 1.64. The molecule has 6 heteroatoms. The molecule has 106 valence electrons. The number of thiazole rings is 1. The zero-order valence-corrected chi connectivity index (χ0v) is 12.5. The van der Waals surface area contributed by atoms with Crippen molar-refractivity contribution >= 4 is 17.4 Å². The fourth-order valence-electron chi connectivity index (χ4n) is 1.99. The van der Waals surface area contributed by atoms with E-state index in [1.807, 2.05) is 32.5 Å². The normalized spacial score (nSPS) is 19.7. The second-order valence-electron chi connectivity index (χ2n) is 5.76. The van der Waals surface area contributed by atoms with Gasteiger partial charge in [0.1, 0.15) is 5.60 Å². The first-order valence-electron chi connectivity index (χ1n) is 6.53. The van der Waals surface area contributed by atoms with E-state index in [2.05, 4.69) is 10.3 Å². The van der Waals surface area contributed by atoms with Gasteiger partial charge in [-0.3, -0.25) is 4.98 Å². The van der Waals surface area contributed by atoms with E-state index < -0.39 is 5.60 Å². The van der Waals surface area contributed by atoms with Gasteiger partial charge in [0, 0.05) is 36.8 Å². The molecule has 0 spiro atoms. The van der Waals surface area contributed by atoms with Crippen LogP contribution in [0.2, 0.25) is 0 Å². The molecule has 1 saturated heterocycles. The van der Waals surface area contributed by atoms with Crippen molar-refractivity contribution in [3.05, 3.63) is 16.6 Å². The molecule has 0 saturated carbocycles. The van der Waals surface area contributed by atoms with Crippen LogP contribution in [0.25, 0.3) is 0 Å². The molecule has 1 atom stereocenters. The summed E-state index contributed by atoms with van der Waals surface area (Å²) in [4.78, 5) is 18.9. The first kappa shape index (κ1) is 14.3. The highest BCUT2D eigenvalue weighted by Gasteiger charge is 2.29. The van der Waals surface area contributed by atoms with Gasteiger partial charge in [0.15, 0.2) is 0 Å². The molecule has 0 radical (unpaired) electrons. The third-order valence-electron chi connectivity index (χ3n) is 2.89. The van der Waals surface area contributed by atoms with Gasteiger partial charge in [0.05, 0.1) is 5.51 Å². The van der Waals surface area contributed by atoms with E-state index in [1.54, 1.807) is 16.2 Å². The lowest BCUT2D eigenvalue weighted by molar-refractivity contribution is 0.0291. The van der Waals surface area contributed by atoms with Gasteiger partial charge in [-0.25, -0.2) is 4.79 Å². The average molecular weight is 283 g/mol. The Balaban J connectivity index is 1.75. The number of likely N-dealkylation sites (tertiary alicyclic amines) is 1. The van der Waals surface area contributed by atoms with Crippen molar-refractivity contribution in [1.29, 1.82) is 0 Å². The lowest BCUT2D eigenvalue weighted by atomic mass is 10.2. The first-order chi connectivity index (χ1) is 8.94. The molecule has 1 aromatic heterocycles. The number of nitrogens with zero attached hydrogens (tertiary/aromatic N) is 2. The van der Waals surface area contributed by atoms with Gasteiger partial charge in [-0.2, -0.15) is 0 Å². The van der Waals surface area contributed by atoms with Crippen molar-refractivity contribution < 1.29 is 9.53 Å². The first-order valence-corrected chi connectivity index (χ1v) is 7.41. The second-order valence-corrected chi connectivity index (χ2v) is 6.73. The summed E-state index contributed by atoms with van der Waals surface area (Å²) in [6.07, 6.45) is 2.63. The van der Waals surface area contributed by atoms with Crippen LogP contribution in [0.15, 0.2) is 11.7 Å². The molecule has 0 aromatic carbocycles. The topological polar surface area (TPSA) is 54.5 Å². The number of amides is 1. The number of carbonyl (C=O) groups excluding carboxylic acids is 1. The summed E-state index contributed by atoms with van der Waals surface area (Å²) < 4.78 is 5.37. The van der Waals surface area contributed by atoms with Crippen LogP contribution >= 0.6 is 11.3 Å². The second kappa shape index (κ2) is 5.88. The Morgan fingerprint density at radius 1 is 1.63 bits per heavy atom. The molecule has 1 amide bonds. The van der Waals surface area contributed by atoms with E-state index in [0.29, 0.717) is 12.6 Å². The van der Waals surface area contributed by atoms with Crippen molar-refractivity contribution in [3.8, 4) is 0 Å². The molecule has 1 N–H and O–H groups in total. The Morgan fingerprint density at radius 2 is 2.42 bits per heavy atom. The highest BCUT2D eigenvalue weighted by molar-refractivity contribution is 7.09. The van der Waals surface area contributed by atoms with Crippen LogP contribution in [0.5, 0.6) is 0 Å². The summed E-state index contributed by atoms with van der Waals surface area (Å²) in [5.41, 5.74) is 1.41. The third-order valence-corrected chi connectivity index (χ3v) is 3.67. The Kier molecular flexibility index (Phi) is 4.42. The maximum atomic E-state index is 11.9. The van der Waals surface area contributed by atoms with Crippen LogP contribution in [-0.2, 0) is 11.3 Å². The molecule has 1 aliphatic rings. The molecule has 0 bridgehead atoms. The van der Waals surface area contributed by atoms with E-state index in [9.17, 15) is 4.79 Å². The molecule has 5 nitrogen and oxygen atoms in total. The van der Waals surface area contributed by atoms with Crippen LogP contribution < -0.4 is 5.32 Å². The standard InChI is InChI=1S/C13H21N3O2S/c1-13(2,3)18-12(17)16-5-4-10(8-16)15-7-11-6-14-9-19-11/h6,9-10,15H,4-5,7-8H2,1-3H3. The minimum Gasteiger partial charge on any atom is -0.444 e. The van der Waals surface area contributed by atoms with Gasteiger partial charge in [0.2, 0.25) is 0 Å². The molecule has 2 rings (SSSR count). The van der Waals surface area contributed by atoms with Crippen LogP contribution in [0.3, 0.4) is 0 Å². The zero-order chi connectivity index (χ0) is 13.9. The van der Waals surface area contributed by atoms with Gasteiger partial charge >= 0.3 is 6.09 Å². The highest BCUT2D eigenvalue weighted by atomic mass is 32.1. The number of hydrogen-bond donors (Lipinski definition) is 1. The average Bonchev–Trinajstić information content (AvgIpc) is 2.96. The van der Waals surface area contributed by atoms with E-state index in [0.717, 1.165) is 19.5 Å². The van der Waals surface area contributed by atoms with E-state index in [-0.39, 0.29) is 6.09 Å². The Morgan fingerprint density at radius 3 is 3.05 bits per heavy atom. The van der Waals surface area contributed by atoms with Crippen molar-refractivity contribution in [2.24, 2.45) is 0 Å².